The van der Waals surface area contributed by atoms with Gasteiger partial charge in [0.05, 0.1) is 6.42 Å². The zero-order valence-corrected chi connectivity index (χ0v) is 12.5. The normalized spacial score (nSPS) is 13.2. The van der Waals surface area contributed by atoms with Gasteiger partial charge < -0.3 is 21.3 Å². The number of nitrogens with two attached hydrogens (primary N) is 1. The lowest BCUT2D eigenvalue weighted by atomic mass is 10.0. The highest BCUT2D eigenvalue weighted by molar-refractivity contribution is 8.13. The second-order valence-electron chi connectivity index (χ2n) is 4.43. The monoisotopic (exact) mass is 320 g/mol. The number of hydrogen-bond acceptors (Lipinski definition) is 6. The van der Waals surface area contributed by atoms with Crippen LogP contribution in [0.1, 0.15) is 26.2 Å². The van der Waals surface area contributed by atoms with Gasteiger partial charge in [-0.1, -0.05) is 11.8 Å². The quantitative estimate of drug-likeness (QED) is 0.427. The number of carbonyl (C=O) groups is 4. The van der Waals surface area contributed by atoms with E-state index >= 15 is 0 Å². The van der Waals surface area contributed by atoms with Crippen molar-refractivity contribution in [1.82, 2.24) is 5.32 Å². The molecule has 9 heteroatoms. The van der Waals surface area contributed by atoms with E-state index in [1.807, 2.05) is 0 Å². The molecule has 0 fully saturated rings. The van der Waals surface area contributed by atoms with Crippen LogP contribution in [0.25, 0.3) is 0 Å². The molecule has 0 aliphatic carbocycles. The zero-order chi connectivity index (χ0) is 16.4. The lowest BCUT2D eigenvalue weighted by molar-refractivity contribution is -0.147. The third-order valence-corrected chi connectivity index (χ3v) is 3.58. The molecule has 0 aromatic rings. The predicted molar refractivity (Wildman–Crippen MR) is 76.7 cm³/mol. The molecule has 8 nitrogen and oxygen atoms in total. The summed E-state index contributed by atoms with van der Waals surface area (Å²) >= 11 is 0.963. The molecule has 2 atom stereocenters. The van der Waals surface area contributed by atoms with E-state index in [1.54, 1.807) is 0 Å². The Morgan fingerprint density at radius 3 is 2.29 bits per heavy atom. The number of carboxylic acid groups (broad SMARTS) is 2. The topological polar surface area (TPSA) is 147 Å². The predicted octanol–water partition coefficient (Wildman–Crippen LogP) is -0.335. The number of carboxylic acids is 2. The largest absolute Gasteiger partial charge is 0.481 e. The zero-order valence-electron chi connectivity index (χ0n) is 11.7. The Morgan fingerprint density at radius 2 is 1.86 bits per heavy atom. The van der Waals surface area contributed by atoms with Crippen molar-refractivity contribution in [3.05, 3.63) is 0 Å². The smallest absolute Gasteiger partial charge is 0.326 e. The average molecular weight is 320 g/mol. The van der Waals surface area contributed by atoms with E-state index in [0.717, 1.165) is 11.8 Å². The fourth-order valence-corrected chi connectivity index (χ4v) is 2.29. The fourth-order valence-electron chi connectivity index (χ4n) is 1.54. The van der Waals surface area contributed by atoms with Crippen LogP contribution < -0.4 is 11.1 Å². The molecule has 0 rings (SSSR count). The van der Waals surface area contributed by atoms with Crippen LogP contribution in [-0.4, -0.2) is 51.5 Å². The van der Waals surface area contributed by atoms with Crippen molar-refractivity contribution in [3.8, 4) is 0 Å². The van der Waals surface area contributed by atoms with Gasteiger partial charge in [-0.3, -0.25) is 14.4 Å². The fraction of sp³-hybridized carbons (Fsp3) is 0.667. The van der Waals surface area contributed by atoms with Crippen LogP contribution in [0.15, 0.2) is 0 Å². The van der Waals surface area contributed by atoms with E-state index in [4.69, 9.17) is 15.9 Å². The average Bonchev–Trinajstić information content (AvgIpc) is 2.36. The maximum absolute atomic E-state index is 12.0. The van der Waals surface area contributed by atoms with Crippen LogP contribution in [0.4, 0.5) is 0 Å². The van der Waals surface area contributed by atoms with Crippen molar-refractivity contribution < 1.29 is 29.4 Å². The molecule has 0 bridgehead atoms. The summed E-state index contributed by atoms with van der Waals surface area (Å²) in [5.41, 5.74) is 5.37. The van der Waals surface area contributed by atoms with Gasteiger partial charge in [-0.05, 0) is 19.4 Å². The van der Waals surface area contributed by atoms with Gasteiger partial charge in [0.15, 0.2) is 5.12 Å². The summed E-state index contributed by atoms with van der Waals surface area (Å²) in [6.45, 7) is 1.74. The highest BCUT2D eigenvalue weighted by Crippen LogP contribution is 2.15. The van der Waals surface area contributed by atoms with E-state index in [2.05, 4.69) is 5.32 Å². The lowest BCUT2D eigenvalue weighted by Crippen LogP contribution is -2.45. The van der Waals surface area contributed by atoms with Gasteiger partial charge in [-0.15, -0.1) is 0 Å². The van der Waals surface area contributed by atoms with Crippen molar-refractivity contribution >= 4 is 34.7 Å². The Hall–Kier alpha value is -1.61. The number of rotatable bonds is 10. The van der Waals surface area contributed by atoms with Crippen LogP contribution in [0.3, 0.4) is 0 Å². The number of thioether (sulfide) groups is 1. The molecule has 1 unspecified atom stereocenters. The summed E-state index contributed by atoms with van der Waals surface area (Å²) in [4.78, 5) is 44.5. The molecule has 0 aromatic heterocycles. The van der Waals surface area contributed by atoms with Gasteiger partial charge in [0, 0.05) is 18.6 Å². The number of aliphatic carboxylic acids is 2. The van der Waals surface area contributed by atoms with Gasteiger partial charge >= 0.3 is 11.9 Å². The van der Waals surface area contributed by atoms with Gasteiger partial charge in [0.1, 0.15) is 6.04 Å². The summed E-state index contributed by atoms with van der Waals surface area (Å²) in [6, 6.07) is -1.49. The van der Waals surface area contributed by atoms with Crippen molar-refractivity contribution in [2.24, 2.45) is 11.7 Å². The van der Waals surface area contributed by atoms with E-state index in [9.17, 15) is 19.2 Å². The van der Waals surface area contributed by atoms with E-state index in [0.29, 0.717) is 19.4 Å². The van der Waals surface area contributed by atoms with Crippen molar-refractivity contribution in [2.75, 3.05) is 12.3 Å². The molecular weight excluding hydrogens is 300 g/mol. The minimum Gasteiger partial charge on any atom is -0.481 e. The van der Waals surface area contributed by atoms with Crippen molar-refractivity contribution in [2.45, 2.75) is 32.2 Å². The lowest BCUT2D eigenvalue weighted by Gasteiger charge is -2.18. The first-order valence-corrected chi connectivity index (χ1v) is 7.34. The third-order valence-electron chi connectivity index (χ3n) is 2.61. The van der Waals surface area contributed by atoms with Crippen LogP contribution in [0.2, 0.25) is 0 Å². The van der Waals surface area contributed by atoms with Crippen LogP contribution in [-0.2, 0) is 19.2 Å². The second kappa shape index (κ2) is 10.2. The molecule has 0 aliphatic heterocycles. The molecule has 0 radical (unpaired) electrons. The van der Waals surface area contributed by atoms with Gasteiger partial charge in [0.2, 0.25) is 5.91 Å². The van der Waals surface area contributed by atoms with Crippen LogP contribution in [0, 0.1) is 5.92 Å². The molecule has 1 amide bonds. The number of nitrogens with one attached hydrogen (secondary N) is 1. The molecule has 21 heavy (non-hydrogen) atoms. The Bertz CT molecular complexity index is 401. The SMILES string of the molecule is CC(=O)SCC(CCCN)C(=O)N[C@@H](CC(=O)O)C(=O)O. The van der Waals surface area contributed by atoms with Crippen LogP contribution >= 0.6 is 11.8 Å². The van der Waals surface area contributed by atoms with Gasteiger partial charge in [-0.2, -0.15) is 0 Å². The minimum atomic E-state index is -1.49. The Morgan fingerprint density at radius 1 is 1.24 bits per heavy atom. The van der Waals surface area contributed by atoms with Gasteiger partial charge in [-0.25, -0.2) is 4.79 Å². The standard InChI is InChI=1S/C12H20N2O6S/c1-7(15)21-6-8(3-2-4-13)11(18)14-9(12(19)20)5-10(16)17/h8-9H,2-6,13H2,1H3,(H,14,18)(H,16,17)(H,19,20)/t8?,9-/m0/s1. The van der Waals surface area contributed by atoms with Crippen molar-refractivity contribution in [3.63, 3.8) is 0 Å². The Balaban J connectivity index is 4.70. The number of carbonyl (C=O) groups excluding carboxylic acids is 2. The summed E-state index contributed by atoms with van der Waals surface area (Å²) in [6.07, 6.45) is 0.250. The second-order valence-corrected chi connectivity index (χ2v) is 5.62. The number of hydrogen-bond donors (Lipinski definition) is 4. The summed E-state index contributed by atoms with van der Waals surface area (Å²) < 4.78 is 0. The molecule has 0 saturated heterocycles. The van der Waals surface area contributed by atoms with E-state index in [1.165, 1.54) is 6.92 Å². The summed E-state index contributed by atoms with van der Waals surface area (Å²) in [5.74, 6) is -3.69. The molecule has 0 heterocycles. The molecule has 0 saturated carbocycles. The first-order chi connectivity index (χ1) is 9.77. The molecule has 0 aliphatic rings. The highest BCUT2D eigenvalue weighted by atomic mass is 32.2. The molecule has 0 spiro atoms. The Labute approximate surface area is 126 Å². The third kappa shape index (κ3) is 9.03. The summed E-state index contributed by atoms with van der Waals surface area (Å²) in [5, 5.41) is 19.6. The summed E-state index contributed by atoms with van der Waals surface area (Å²) in [7, 11) is 0. The molecular formula is C12H20N2O6S. The van der Waals surface area contributed by atoms with Crippen molar-refractivity contribution in [1.29, 1.82) is 0 Å². The first-order valence-electron chi connectivity index (χ1n) is 6.36. The molecule has 5 N–H and O–H groups in total. The molecule has 120 valence electrons. The van der Waals surface area contributed by atoms with Crippen LogP contribution in [0.5, 0.6) is 0 Å². The maximum atomic E-state index is 12.0. The number of amides is 1. The molecule has 0 aromatic carbocycles. The highest BCUT2D eigenvalue weighted by Gasteiger charge is 2.27. The van der Waals surface area contributed by atoms with E-state index < -0.39 is 36.2 Å². The Kier molecular flexibility index (Phi) is 9.39. The van der Waals surface area contributed by atoms with Gasteiger partial charge in [0.25, 0.3) is 0 Å². The minimum absolute atomic E-state index is 0.152. The maximum Gasteiger partial charge on any atom is 0.326 e. The first kappa shape index (κ1) is 19.4. The van der Waals surface area contributed by atoms with E-state index in [-0.39, 0.29) is 10.9 Å².